The summed E-state index contributed by atoms with van der Waals surface area (Å²) >= 11 is 0. The highest BCUT2D eigenvalue weighted by atomic mass is 16.3. The van der Waals surface area contributed by atoms with Crippen LogP contribution in [0, 0.1) is 25.7 Å². The summed E-state index contributed by atoms with van der Waals surface area (Å²) < 4.78 is 0. The number of carbonyl (C=O) groups excluding carboxylic acids is 2. The standard InChI is InChI=1S/C20H29N3O3/c1-11-7-17(21-12(11)2)19(25)22-16-4-3-13-5-6-23(18(16)8-13)20(26)14-9-15(24)10-14/h7,13-16,18,21,24H,3-6,8-10H2,1-2H3,(H,22,25). The van der Waals surface area contributed by atoms with Crippen LogP contribution >= 0.6 is 0 Å². The number of hydrogen-bond acceptors (Lipinski definition) is 3. The van der Waals surface area contributed by atoms with Crippen molar-refractivity contribution in [2.75, 3.05) is 6.54 Å². The van der Waals surface area contributed by atoms with Crippen molar-refractivity contribution in [1.82, 2.24) is 15.2 Å². The monoisotopic (exact) mass is 359 g/mol. The SMILES string of the molecule is Cc1cc(C(=O)NC2CCC3CCN(C(=O)C4CC(O)C4)C2C3)[nH]c1C. The molecule has 1 saturated heterocycles. The Morgan fingerprint density at radius 3 is 2.62 bits per heavy atom. The van der Waals surface area contributed by atoms with E-state index in [2.05, 4.69) is 10.3 Å². The summed E-state index contributed by atoms with van der Waals surface area (Å²) in [6.07, 6.45) is 4.95. The molecule has 2 aliphatic carbocycles. The maximum Gasteiger partial charge on any atom is 0.267 e. The van der Waals surface area contributed by atoms with Crippen LogP contribution in [0.25, 0.3) is 0 Å². The summed E-state index contributed by atoms with van der Waals surface area (Å²) in [6.45, 7) is 4.74. The minimum Gasteiger partial charge on any atom is -0.393 e. The maximum absolute atomic E-state index is 12.9. The average molecular weight is 359 g/mol. The summed E-state index contributed by atoms with van der Waals surface area (Å²) in [5.74, 6) is 0.723. The molecule has 3 fully saturated rings. The first-order valence-electron chi connectivity index (χ1n) is 9.88. The Hall–Kier alpha value is -1.82. The van der Waals surface area contributed by atoms with E-state index in [0.717, 1.165) is 43.5 Å². The minimum absolute atomic E-state index is 0.0110. The highest BCUT2D eigenvalue weighted by molar-refractivity contribution is 5.93. The lowest BCUT2D eigenvalue weighted by atomic mass is 9.75. The summed E-state index contributed by atoms with van der Waals surface area (Å²) in [6, 6.07) is 1.99. The normalized spacial score (nSPS) is 33.5. The number of fused-ring (bicyclic) bond motifs is 2. The van der Waals surface area contributed by atoms with Gasteiger partial charge in [-0.3, -0.25) is 9.59 Å². The molecular weight excluding hydrogens is 330 g/mol. The van der Waals surface area contributed by atoms with Crippen LogP contribution in [0.4, 0.5) is 0 Å². The number of amides is 2. The van der Waals surface area contributed by atoms with Gasteiger partial charge in [-0.05, 0) is 69.9 Å². The number of H-pyrrole nitrogens is 1. The number of hydrogen-bond donors (Lipinski definition) is 3. The molecule has 26 heavy (non-hydrogen) atoms. The lowest BCUT2D eigenvalue weighted by molar-refractivity contribution is -0.149. The van der Waals surface area contributed by atoms with Crippen LogP contribution in [0.1, 0.15) is 60.3 Å². The molecule has 0 radical (unpaired) electrons. The summed E-state index contributed by atoms with van der Waals surface area (Å²) in [4.78, 5) is 30.7. The third kappa shape index (κ3) is 3.15. The summed E-state index contributed by atoms with van der Waals surface area (Å²) in [5, 5.41) is 12.7. The van der Waals surface area contributed by atoms with Crippen LogP contribution in [-0.4, -0.2) is 51.5 Å². The Kier molecular flexibility index (Phi) is 4.55. The number of aryl methyl sites for hydroxylation is 2. The molecular formula is C20H29N3O3. The van der Waals surface area contributed by atoms with E-state index in [1.54, 1.807) is 0 Å². The van der Waals surface area contributed by atoms with E-state index in [0.29, 0.717) is 24.5 Å². The third-order valence-corrected chi connectivity index (χ3v) is 6.68. The number of aliphatic hydroxyl groups excluding tert-OH is 1. The van der Waals surface area contributed by atoms with Gasteiger partial charge in [-0.25, -0.2) is 0 Å². The molecule has 4 rings (SSSR count). The zero-order chi connectivity index (χ0) is 18.4. The van der Waals surface area contributed by atoms with Crippen molar-refractivity contribution in [3.63, 3.8) is 0 Å². The van der Waals surface area contributed by atoms with Crippen LogP contribution in [-0.2, 0) is 4.79 Å². The molecule has 6 heteroatoms. The minimum atomic E-state index is -0.317. The molecule has 0 aromatic carbocycles. The van der Waals surface area contributed by atoms with Gasteiger partial charge in [-0.15, -0.1) is 0 Å². The molecule has 3 N–H and O–H groups in total. The van der Waals surface area contributed by atoms with Crippen molar-refractivity contribution in [1.29, 1.82) is 0 Å². The van der Waals surface area contributed by atoms with Gasteiger partial charge in [0.2, 0.25) is 5.91 Å². The highest BCUT2D eigenvalue weighted by Crippen LogP contribution is 2.38. The summed E-state index contributed by atoms with van der Waals surface area (Å²) in [7, 11) is 0. The molecule has 3 aliphatic rings. The lowest BCUT2D eigenvalue weighted by Gasteiger charge is -2.49. The zero-order valence-electron chi connectivity index (χ0n) is 15.6. The van der Waals surface area contributed by atoms with E-state index in [1.807, 2.05) is 24.8 Å². The van der Waals surface area contributed by atoms with E-state index in [-0.39, 0.29) is 35.9 Å². The molecule has 1 aromatic rings. The number of nitrogens with one attached hydrogen (secondary N) is 2. The van der Waals surface area contributed by atoms with Crippen LogP contribution < -0.4 is 5.32 Å². The van der Waals surface area contributed by atoms with Crippen molar-refractivity contribution >= 4 is 11.8 Å². The molecule has 3 atom stereocenters. The number of carbonyl (C=O) groups is 2. The van der Waals surface area contributed by atoms with Crippen molar-refractivity contribution in [2.45, 2.75) is 70.6 Å². The van der Waals surface area contributed by atoms with Gasteiger partial charge >= 0.3 is 0 Å². The van der Waals surface area contributed by atoms with Gasteiger partial charge in [-0.1, -0.05) is 0 Å². The Balaban J connectivity index is 1.46. The van der Waals surface area contributed by atoms with E-state index < -0.39 is 0 Å². The van der Waals surface area contributed by atoms with Crippen LogP contribution in [0.3, 0.4) is 0 Å². The fourth-order valence-corrected chi connectivity index (χ4v) is 4.82. The average Bonchev–Trinajstić information content (AvgIpc) is 2.93. The largest absolute Gasteiger partial charge is 0.393 e. The second-order valence-corrected chi connectivity index (χ2v) is 8.46. The number of aliphatic hydroxyl groups is 1. The van der Waals surface area contributed by atoms with E-state index >= 15 is 0 Å². The van der Waals surface area contributed by atoms with Crippen LogP contribution in [0.2, 0.25) is 0 Å². The van der Waals surface area contributed by atoms with Crippen LogP contribution in [0.15, 0.2) is 6.07 Å². The molecule has 2 heterocycles. The Morgan fingerprint density at radius 2 is 1.96 bits per heavy atom. The molecule has 1 aromatic heterocycles. The van der Waals surface area contributed by atoms with E-state index in [1.165, 1.54) is 0 Å². The van der Waals surface area contributed by atoms with E-state index in [4.69, 9.17) is 0 Å². The Bertz CT molecular complexity index is 688. The maximum atomic E-state index is 12.9. The van der Waals surface area contributed by atoms with Gasteiger partial charge < -0.3 is 20.3 Å². The Labute approximate surface area is 154 Å². The molecule has 0 spiro atoms. The van der Waals surface area contributed by atoms with Crippen LogP contribution in [0.5, 0.6) is 0 Å². The third-order valence-electron chi connectivity index (χ3n) is 6.68. The smallest absolute Gasteiger partial charge is 0.267 e. The van der Waals surface area contributed by atoms with Crippen molar-refractivity contribution in [3.05, 3.63) is 23.0 Å². The molecule has 1 aliphatic heterocycles. The summed E-state index contributed by atoms with van der Waals surface area (Å²) in [5.41, 5.74) is 2.69. The van der Waals surface area contributed by atoms with Gasteiger partial charge in [0.05, 0.1) is 12.1 Å². The molecule has 142 valence electrons. The second-order valence-electron chi connectivity index (χ2n) is 8.46. The number of nitrogens with zero attached hydrogens (tertiary/aromatic N) is 1. The number of aromatic nitrogens is 1. The van der Waals surface area contributed by atoms with Crippen molar-refractivity contribution in [3.8, 4) is 0 Å². The fourth-order valence-electron chi connectivity index (χ4n) is 4.82. The first-order valence-corrected chi connectivity index (χ1v) is 9.88. The molecule has 2 bridgehead atoms. The highest BCUT2D eigenvalue weighted by Gasteiger charge is 2.44. The van der Waals surface area contributed by atoms with Gasteiger partial charge in [-0.2, -0.15) is 0 Å². The van der Waals surface area contributed by atoms with Gasteiger partial charge in [0.1, 0.15) is 5.69 Å². The Morgan fingerprint density at radius 1 is 1.19 bits per heavy atom. The number of aromatic amines is 1. The van der Waals surface area contributed by atoms with Crippen molar-refractivity contribution < 1.29 is 14.7 Å². The van der Waals surface area contributed by atoms with Gasteiger partial charge in [0.25, 0.3) is 5.91 Å². The first kappa shape index (κ1) is 17.6. The first-order chi connectivity index (χ1) is 12.4. The zero-order valence-corrected chi connectivity index (χ0v) is 15.6. The molecule has 6 nitrogen and oxygen atoms in total. The predicted octanol–water partition coefficient (Wildman–Crippen LogP) is 1.90. The van der Waals surface area contributed by atoms with E-state index in [9.17, 15) is 14.7 Å². The molecule has 2 amide bonds. The van der Waals surface area contributed by atoms with Gasteiger partial charge in [0.15, 0.2) is 0 Å². The topological polar surface area (TPSA) is 85.4 Å². The molecule has 3 unspecified atom stereocenters. The number of rotatable bonds is 3. The lowest BCUT2D eigenvalue weighted by Crippen LogP contribution is -2.61. The quantitative estimate of drug-likeness (QED) is 0.770. The number of likely N-dealkylation sites (tertiary alicyclic amines) is 1. The second kappa shape index (κ2) is 6.72. The van der Waals surface area contributed by atoms with Crippen molar-refractivity contribution in [2.24, 2.45) is 11.8 Å². The van der Waals surface area contributed by atoms with Gasteiger partial charge in [0, 0.05) is 24.2 Å². The number of piperidine rings is 1. The predicted molar refractivity (Wildman–Crippen MR) is 97.7 cm³/mol. The molecule has 2 saturated carbocycles. The fraction of sp³-hybridized carbons (Fsp3) is 0.700.